The van der Waals surface area contributed by atoms with Gasteiger partial charge in [-0.05, 0) is 60.1 Å². The third kappa shape index (κ3) is 4.66. The van der Waals surface area contributed by atoms with Crippen LogP contribution in [0, 0.1) is 17.2 Å². The van der Waals surface area contributed by atoms with E-state index in [2.05, 4.69) is 4.90 Å². The molecule has 2 aromatic carbocycles. The summed E-state index contributed by atoms with van der Waals surface area (Å²) in [5.74, 6) is 1.72. The molecule has 1 spiro atoms. The Morgan fingerprint density at radius 3 is 2.44 bits per heavy atom. The van der Waals surface area contributed by atoms with Gasteiger partial charge in [-0.2, -0.15) is 0 Å². The van der Waals surface area contributed by atoms with E-state index in [-0.39, 0.29) is 35.8 Å². The van der Waals surface area contributed by atoms with Crippen molar-refractivity contribution in [1.82, 2.24) is 14.7 Å². The zero-order valence-electron chi connectivity index (χ0n) is 20.5. The van der Waals surface area contributed by atoms with Crippen molar-refractivity contribution in [2.24, 2.45) is 11.3 Å². The first-order valence-corrected chi connectivity index (χ1v) is 12.9. The number of fused-ring (bicyclic) bond motifs is 1. The molecule has 8 heteroatoms. The van der Waals surface area contributed by atoms with Gasteiger partial charge >= 0.3 is 0 Å². The van der Waals surface area contributed by atoms with Crippen LogP contribution in [-0.2, 0) is 22.6 Å². The lowest BCUT2D eigenvalue weighted by atomic mass is 9.90. The molecule has 0 bridgehead atoms. The number of rotatable bonds is 5. The Morgan fingerprint density at radius 1 is 0.889 bits per heavy atom. The first-order valence-electron chi connectivity index (χ1n) is 12.9. The predicted octanol–water partition coefficient (Wildman–Crippen LogP) is 3.07. The fourth-order valence-corrected chi connectivity index (χ4v) is 6.03. The standard InChI is InChI=1S/C28H32FN3O4/c29-22-3-1-2-21(14-22)18-30-10-12-32(13-11-30)27(34)23-17-28(23)6-8-31(9-7-28)26(33)16-20-4-5-24-25(15-20)36-19-35-24/h1-5,14-15,23H,6-13,16-19H2. The van der Waals surface area contributed by atoms with Crippen LogP contribution in [0.5, 0.6) is 11.5 Å². The average Bonchev–Trinajstić information content (AvgIpc) is 3.36. The summed E-state index contributed by atoms with van der Waals surface area (Å²) in [6.07, 6.45) is 3.09. The molecule has 1 atom stereocenters. The number of nitrogens with zero attached hydrogens (tertiary/aromatic N) is 3. The number of hydrogen-bond acceptors (Lipinski definition) is 5. The van der Waals surface area contributed by atoms with Crippen molar-refractivity contribution in [2.45, 2.75) is 32.2 Å². The topological polar surface area (TPSA) is 62.3 Å². The SMILES string of the molecule is O=C(Cc1ccc2c(c1)OCO2)N1CCC2(CC1)CC2C(=O)N1CCN(Cc2cccc(F)c2)CC1. The summed E-state index contributed by atoms with van der Waals surface area (Å²) in [5.41, 5.74) is 1.97. The van der Waals surface area contributed by atoms with Crippen LogP contribution in [0.25, 0.3) is 0 Å². The van der Waals surface area contributed by atoms with Crippen molar-refractivity contribution in [2.75, 3.05) is 46.1 Å². The summed E-state index contributed by atoms with van der Waals surface area (Å²) >= 11 is 0. The molecule has 1 aliphatic carbocycles. The Labute approximate surface area is 210 Å². The van der Waals surface area contributed by atoms with Crippen LogP contribution in [0.2, 0.25) is 0 Å². The fraction of sp³-hybridized carbons (Fsp3) is 0.500. The number of amides is 2. The number of piperazine rings is 1. The first-order chi connectivity index (χ1) is 17.5. The van der Waals surface area contributed by atoms with Crippen molar-refractivity contribution < 1.29 is 23.5 Å². The van der Waals surface area contributed by atoms with Gasteiger partial charge in [0, 0.05) is 51.7 Å². The molecule has 3 heterocycles. The fourth-order valence-electron chi connectivity index (χ4n) is 6.03. The lowest BCUT2D eigenvalue weighted by molar-refractivity contribution is -0.136. The molecule has 2 amide bonds. The van der Waals surface area contributed by atoms with E-state index < -0.39 is 0 Å². The summed E-state index contributed by atoms with van der Waals surface area (Å²) < 4.78 is 24.2. The molecule has 3 fully saturated rings. The van der Waals surface area contributed by atoms with Crippen LogP contribution in [0.4, 0.5) is 4.39 Å². The molecule has 2 saturated heterocycles. The average molecular weight is 494 g/mol. The van der Waals surface area contributed by atoms with Gasteiger partial charge < -0.3 is 19.3 Å². The highest BCUT2D eigenvalue weighted by Crippen LogP contribution is 2.60. The number of benzene rings is 2. The van der Waals surface area contributed by atoms with E-state index in [1.165, 1.54) is 6.07 Å². The lowest BCUT2D eigenvalue weighted by Gasteiger charge is -2.36. The van der Waals surface area contributed by atoms with Gasteiger partial charge in [0.15, 0.2) is 11.5 Å². The van der Waals surface area contributed by atoms with Crippen LogP contribution < -0.4 is 9.47 Å². The van der Waals surface area contributed by atoms with Crippen molar-refractivity contribution in [3.05, 3.63) is 59.4 Å². The van der Waals surface area contributed by atoms with Crippen molar-refractivity contribution in [3.63, 3.8) is 0 Å². The molecule has 3 aliphatic heterocycles. The summed E-state index contributed by atoms with van der Waals surface area (Å²) in [6.45, 7) is 5.44. The maximum atomic E-state index is 13.5. The molecule has 0 aromatic heterocycles. The van der Waals surface area contributed by atoms with Crippen LogP contribution in [0.1, 0.15) is 30.4 Å². The minimum Gasteiger partial charge on any atom is -0.454 e. The summed E-state index contributed by atoms with van der Waals surface area (Å²) in [6, 6.07) is 12.4. The molecule has 6 rings (SSSR count). The van der Waals surface area contributed by atoms with Crippen molar-refractivity contribution in [1.29, 1.82) is 0 Å². The Hall–Kier alpha value is -3.13. The predicted molar refractivity (Wildman–Crippen MR) is 131 cm³/mol. The van der Waals surface area contributed by atoms with Crippen molar-refractivity contribution >= 4 is 11.8 Å². The van der Waals surface area contributed by atoms with E-state index in [0.29, 0.717) is 31.8 Å². The van der Waals surface area contributed by atoms with E-state index in [1.807, 2.05) is 34.1 Å². The van der Waals surface area contributed by atoms with E-state index in [1.54, 1.807) is 12.1 Å². The molecule has 190 valence electrons. The quantitative estimate of drug-likeness (QED) is 0.641. The maximum Gasteiger partial charge on any atom is 0.231 e. The van der Waals surface area contributed by atoms with Crippen molar-refractivity contribution in [3.8, 4) is 11.5 Å². The van der Waals surface area contributed by atoms with Gasteiger partial charge in [-0.1, -0.05) is 18.2 Å². The van der Waals surface area contributed by atoms with Gasteiger partial charge in [0.1, 0.15) is 5.82 Å². The van der Waals surface area contributed by atoms with Gasteiger partial charge in [-0.3, -0.25) is 14.5 Å². The summed E-state index contributed by atoms with van der Waals surface area (Å²) in [7, 11) is 0. The molecule has 7 nitrogen and oxygen atoms in total. The highest BCUT2D eigenvalue weighted by atomic mass is 19.1. The second-order valence-electron chi connectivity index (χ2n) is 10.6. The first kappa shape index (κ1) is 23.3. The van der Waals surface area contributed by atoms with Crippen LogP contribution in [0.15, 0.2) is 42.5 Å². The number of piperidine rings is 1. The minimum atomic E-state index is -0.207. The largest absolute Gasteiger partial charge is 0.454 e. The van der Waals surface area contributed by atoms with Gasteiger partial charge in [0.2, 0.25) is 18.6 Å². The molecule has 4 aliphatic rings. The van der Waals surface area contributed by atoms with Gasteiger partial charge in [-0.15, -0.1) is 0 Å². The highest BCUT2D eigenvalue weighted by molar-refractivity contribution is 5.83. The molecule has 36 heavy (non-hydrogen) atoms. The number of carbonyl (C=O) groups is 2. The highest BCUT2D eigenvalue weighted by Gasteiger charge is 2.59. The summed E-state index contributed by atoms with van der Waals surface area (Å²) in [4.78, 5) is 32.4. The second-order valence-corrected chi connectivity index (χ2v) is 10.6. The van der Waals surface area contributed by atoms with E-state index >= 15 is 0 Å². The minimum absolute atomic E-state index is 0.0747. The van der Waals surface area contributed by atoms with Crippen LogP contribution >= 0.6 is 0 Å². The molecule has 1 unspecified atom stereocenters. The second kappa shape index (κ2) is 9.39. The molecule has 0 radical (unpaired) electrons. The number of ether oxygens (including phenoxy) is 2. The lowest BCUT2D eigenvalue weighted by Crippen LogP contribution is -2.49. The smallest absolute Gasteiger partial charge is 0.231 e. The number of halogens is 1. The number of likely N-dealkylation sites (tertiary alicyclic amines) is 1. The Bertz CT molecular complexity index is 1160. The normalized spacial score (nSPS) is 22.6. The zero-order chi connectivity index (χ0) is 24.7. The van der Waals surface area contributed by atoms with Gasteiger partial charge in [0.05, 0.1) is 6.42 Å². The third-order valence-electron chi connectivity index (χ3n) is 8.37. The molecule has 1 saturated carbocycles. The molecule has 2 aromatic rings. The van der Waals surface area contributed by atoms with Gasteiger partial charge in [0.25, 0.3) is 0 Å². The van der Waals surface area contributed by atoms with Crippen LogP contribution in [-0.4, -0.2) is 72.6 Å². The van der Waals surface area contributed by atoms with Gasteiger partial charge in [-0.25, -0.2) is 4.39 Å². The Morgan fingerprint density at radius 2 is 1.67 bits per heavy atom. The van der Waals surface area contributed by atoms with E-state index in [0.717, 1.165) is 62.3 Å². The maximum absolute atomic E-state index is 13.5. The molecular weight excluding hydrogens is 461 g/mol. The number of hydrogen-bond donors (Lipinski definition) is 0. The Balaban J connectivity index is 0.962. The number of carbonyl (C=O) groups excluding carboxylic acids is 2. The zero-order valence-corrected chi connectivity index (χ0v) is 20.5. The summed E-state index contributed by atoms with van der Waals surface area (Å²) in [5, 5.41) is 0. The molecular formula is C28H32FN3O4. The Kier molecular flexibility index (Phi) is 6.07. The third-order valence-corrected chi connectivity index (χ3v) is 8.37. The van der Waals surface area contributed by atoms with E-state index in [4.69, 9.17) is 9.47 Å². The van der Waals surface area contributed by atoms with E-state index in [9.17, 15) is 14.0 Å². The monoisotopic (exact) mass is 493 g/mol. The molecule has 0 N–H and O–H groups in total. The van der Waals surface area contributed by atoms with Crippen LogP contribution in [0.3, 0.4) is 0 Å².